The molecular formula is C14H29N. The molecule has 0 aromatic rings. The molecular weight excluding hydrogens is 182 g/mol. The van der Waals surface area contributed by atoms with Crippen LogP contribution in [0.3, 0.4) is 0 Å². The second-order valence-corrected chi connectivity index (χ2v) is 5.24. The van der Waals surface area contributed by atoms with Gasteiger partial charge in [0.1, 0.15) is 0 Å². The summed E-state index contributed by atoms with van der Waals surface area (Å²) in [6, 6.07) is 0.834. The Kier molecular flexibility index (Phi) is 7.08. The molecule has 1 saturated heterocycles. The summed E-state index contributed by atoms with van der Waals surface area (Å²) in [5.41, 5.74) is 0. The van der Waals surface area contributed by atoms with Crippen molar-refractivity contribution in [2.75, 3.05) is 6.54 Å². The third-order valence-corrected chi connectivity index (χ3v) is 3.81. The molecule has 0 aromatic carbocycles. The smallest absolute Gasteiger partial charge is 0.00931 e. The van der Waals surface area contributed by atoms with Crippen molar-refractivity contribution < 1.29 is 0 Å². The Labute approximate surface area is 96.0 Å². The van der Waals surface area contributed by atoms with Crippen molar-refractivity contribution in [2.45, 2.75) is 77.7 Å². The molecule has 0 amide bonds. The van der Waals surface area contributed by atoms with Crippen molar-refractivity contribution in [3.05, 3.63) is 0 Å². The molecule has 1 N–H and O–H groups in total. The second kappa shape index (κ2) is 8.15. The molecule has 1 rings (SSSR count). The standard InChI is InChI=1S/C14H29N/c1-3-4-5-6-7-8-9-10-14-13(2)11-12-15-14/h13-15H,3-12H2,1-2H3. The summed E-state index contributed by atoms with van der Waals surface area (Å²) in [5, 5.41) is 3.62. The molecule has 2 atom stereocenters. The van der Waals surface area contributed by atoms with Crippen LogP contribution in [0.25, 0.3) is 0 Å². The van der Waals surface area contributed by atoms with E-state index >= 15 is 0 Å². The van der Waals surface area contributed by atoms with Gasteiger partial charge in [-0.05, 0) is 25.3 Å². The van der Waals surface area contributed by atoms with E-state index in [0.29, 0.717) is 0 Å². The Morgan fingerprint density at radius 1 is 1.00 bits per heavy atom. The predicted octanol–water partition coefficient (Wildman–Crippen LogP) is 4.13. The molecule has 0 spiro atoms. The Bertz CT molecular complexity index is 144. The van der Waals surface area contributed by atoms with E-state index in [9.17, 15) is 0 Å². The minimum Gasteiger partial charge on any atom is -0.314 e. The van der Waals surface area contributed by atoms with Crippen LogP contribution in [0.4, 0.5) is 0 Å². The molecule has 1 heterocycles. The zero-order chi connectivity index (χ0) is 10.9. The Hall–Kier alpha value is -0.0400. The third kappa shape index (κ3) is 5.55. The highest BCUT2D eigenvalue weighted by Gasteiger charge is 2.21. The van der Waals surface area contributed by atoms with Crippen molar-refractivity contribution in [2.24, 2.45) is 5.92 Å². The monoisotopic (exact) mass is 211 g/mol. The fraction of sp³-hybridized carbons (Fsp3) is 1.00. The molecule has 1 aliphatic heterocycles. The van der Waals surface area contributed by atoms with Gasteiger partial charge in [0, 0.05) is 6.04 Å². The van der Waals surface area contributed by atoms with Crippen LogP contribution in [0.2, 0.25) is 0 Å². The van der Waals surface area contributed by atoms with Gasteiger partial charge in [-0.15, -0.1) is 0 Å². The molecule has 2 unspecified atom stereocenters. The zero-order valence-corrected chi connectivity index (χ0v) is 10.7. The van der Waals surface area contributed by atoms with E-state index in [-0.39, 0.29) is 0 Å². The minimum atomic E-state index is 0.834. The molecule has 0 aromatic heterocycles. The Morgan fingerprint density at radius 3 is 2.27 bits per heavy atom. The highest BCUT2D eigenvalue weighted by atomic mass is 14.9. The van der Waals surface area contributed by atoms with Crippen LogP contribution in [0.1, 0.15) is 71.6 Å². The van der Waals surface area contributed by atoms with Gasteiger partial charge in [-0.3, -0.25) is 0 Å². The topological polar surface area (TPSA) is 12.0 Å². The lowest BCUT2D eigenvalue weighted by Gasteiger charge is -2.14. The molecule has 90 valence electrons. The van der Waals surface area contributed by atoms with Gasteiger partial charge in [-0.25, -0.2) is 0 Å². The summed E-state index contributed by atoms with van der Waals surface area (Å²) in [7, 11) is 0. The summed E-state index contributed by atoms with van der Waals surface area (Å²) in [5.74, 6) is 0.921. The Morgan fingerprint density at radius 2 is 1.67 bits per heavy atom. The van der Waals surface area contributed by atoms with Gasteiger partial charge >= 0.3 is 0 Å². The number of hydrogen-bond donors (Lipinski definition) is 1. The molecule has 1 heteroatoms. The van der Waals surface area contributed by atoms with Gasteiger partial charge in [0.25, 0.3) is 0 Å². The van der Waals surface area contributed by atoms with Crippen molar-refractivity contribution in [1.29, 1.82) is 0 Å². The maximum atomic E-state index is 3.62. The van der Waals surface area contributed by atoms with E-state index < -0.39 is 0 Å². The summed E-state index contributed by atoms with van der Waals surface area (Å²) in [6.45, 7) is 5.93. The first-order valence-corrected chi connectivity index (χ1v) is 7.08. The van der Waals surface area contributed by atoms with Crippen LogP contribution in [0.15, 0.2) is 0 Å². The fourth-order valence-corrected chi connectivity index (χ4v) is 2.61. The average Bonchev–Trinajstić information content (AvgIpc) is 2.63. The molecule has 0 saturated carbocycles. The molecule has 0 aliphatic carbocycles. The van der Waals surface area contributed by atoms with Crippen LogP contribution >= 0.6 is 0 Å². The van der Waals surface area contributed by atoms with Gasteiger partial charge in [0.15, 0.2) is 0 Å². The normalized spacial score (nSPS) is 26.0. The number of hydrogen-bond acceptors (Lipinski definition) is 1. The van der Waals surface area contributed by atoms with Crippen LogP contribution in [0.5, 0.6) is 0 Å². The van der Waals surface area contributed by atoms with E-state index in [0.717, 1.165) is 12.0 Å². The van der Waals surface area contributed by atoms with Crippen molar-refractivity contribution in [3.8, 4) is 0 Å². The summed E-state index contributed by atoms with van der Waals surface area (Å²) >= 11 is 0. The SMILES string of the molecule is CCCCCCCCCC1NCCC1C. The third-order valence-electron chi connectivity index (χ3n) is 3.81. The number of rotatable bonds is 8. The molecule has 1 fully saturated rings. The summed E-state index contributed by atoms with van der Waals surface area (Å²) in [6.07, 6.45) is 12.9. The summed E-state index contributed by atoms with van der Waals surface area (Å²) < 4.78 is 0. The average molecular weight is 211 g/mol. The number of nitrogens with one attached hydrogen (secondary N) is 1. The van der Waals surface area contributed by atoms with Gasteiger partial charge < -0.3 is 5.32 Å². The summed E-state index contributed by atoms with van der Waals surface area (Å²) in [4.78, 5) is 0. The van der Waals surface area contributed by atoms with Gasteiger partial charge in [0.05, 0.1) is 0 Å². The van der Waals surface area contributed by atoms with E-state index in [1.807, 2.05) is 0 Å². The van der Waals surface area contributed by atoms with Crippen LogP contribution < -0.4 is 5.32 Å². The Balaban J connectivity index is 1.84. The lowest BCUT2D eigenvalue weighted by molar-refractivity contribution is 0.429. The zero-order valence-electron chi connectivity index (χ0n) is 10.7. The van der Waals surface area contributed by atoms with Crippen LogP contribution in [-0.2, 0) is 0 Å². The van der Waals surface area contributed by atoms with E-state index in [1.165, 1.54) is 64.3 Å². The predicted molar refractivity (Wildman–Crippen MR) is 68.2 cm³/mol. The number of unbranched alkanes of at least 4 members (excludes halogenated alkanes) is 6. The quantitative estimate of drug-likeness (QED) is 0.595. The van der Waals surface area contributed by atoms with Crippen LogP contribution in [-0.4, -0.2) is 12.6 Å². The second-order valence-electron chi connectivity index (χ2n) is 5.24. The molecule has 1 aliphatic rings. The fourth-order valence-electron chi connectivity index (χ4n) is 2.61. The van der Waals surface area contributed by atoms with Crippen LogP contribution in [0, 0.1) is 5.92 Å². The first kappa shape index (κ1) is 13.0. The van der Waals surface area contributed by atoms with Gasteiger partial charge in [0.2, 0.25) is 0 Å². The van der Waals surface area contributed by atoms with E-state index in [2.05, 4.69) is 19.2 Å². The van der Waals surface area contributed by atoms with E-state index in [1.54, 1.807) is 0 Å². The first-order chi connectivity index (χ1) is 7.34. The first-order valence-electron chi connectivity index (χ1n) is 7.08. The molecule has 1 nitrogen and oxygen atoms in total. The van der Waals surface area contributed by atoms with E-state index in [4.69, 9.17) is 0 Å². The molecule has 0 radical (unpaired) electrons. The maximum absolute atomic E-state index is 3.62. The maximum Gasteiger partial charge on any atom is 0.00931 e. The van der Waals surface area contributed by atoms with Gasteiger partial charge in [-0.1, -0.05) is 58.8 Å². The lowest BCUT2D eigenvalue weighted by Crippen LogP contribution is -2.25. The molecule has 15 heavy (non-hydrogen) atoms. The van der Waals surface area contributed by atoms with Crippen molar-refractivity contribution in [3.63, 3.8) is 0 Å². The van der Waals surface area contributed by atoms with Crippen molar-refractivity contribution in [1.82, 2.24) is 5.32 Å². The largest absolute Gasteiger partial charge is 0.314 e. The molecule has 0 bridgehead atoms. The van der Waals surface area contributed by atoms with Crippen molar-refractivity contribution >= 4 is 0 Å². The highest BCUT2D eigenvalue weighted by molar-refractivity contribution is 4.80. The minimum absolute atomic E-state index is 0.834. The lowest BCUT2D eigenvalue weighted by atomic mass is 9.97. The van der Waals surface area contributed by atoms with Gasteiger partial charge in [-0.2, -0.15) is 0 Å². The highest BCUT2D eigenvalue weighted by Crippen LogP contribution is 2.20.